The number of carbonyl (C=O) groups is 2. The van der Waals surface area contributed by atoms with E-state index < -0.39 is 0 Å². The Bertz CT molecular complexity index is 1440. The van der Waals surface area contributed by atoms with E-state index in [1.165, 1.54) is 24.0 Å². The van der Waals surface area contributed by atoms with Crippen LogP contribution in [0.2, 0.25) is 0 Å². The molecule has 6 rings (SSSR count). The molecule has 3 aliphatic carbocycles. The highest BCUT2D eigenvalue weighted by atomic mass is 16.5. The molecule has 0 saturated heterocycles. The van der Waals surface area contributed by atoms with Crippen molar-refractivity contribution in [2.45, 2.75) is 103 Å². The van der Waals surface area contributed by atoms with Gasteiger partial charge in [0.1, 0.15) is 11.5 Å². The summed E-state index contributed by atoms with van der Waals surface area (Å²) in [5.74, 6) is 3.19. The minimum atomic E-state index is 0.0588. The van der Waals surface area contributed by atoms with Crippen LogP contribution in [0.3, 0.4) is 0 Å². The van der Waals surface area contributed by atoms with Crippen molar-refractivity contribution in [1.29, 1.82) is 0 Å². The van der Waals surface area contributed by atoms with E-state index in [2.05, 4.69) is 70.3 Å². The highest BCUT2D eigenvalue weighted by molar-refractivity contribution is 5.95. The van der Waals surface area contributed by atoms with Crippen LogP contribution in [0, 0.1) is 24.7 Å². The van der Waals surface area contributed by atoms with Crippen molar-refractivity contribution in [3.8, 4) is 16.9 Å². The molecule has 2 aromatic carbocycles. The molecule has 0 N–H and O–H groups in total. The lowest BCUT2D eigenvalue weighted by Crippen LogP contribution is -2.41. The van der Waals surface area contributed by atoms with Crippen LogP contribution >= 0.6 is 0 Å². The van der Waals surface area contributed by atoms with Crippen LogP contribution in [-0.2, 0) is 9.59 Å². The number of carbonyl (C=O) groups excluding carboxylic acids is 2. The molecule has 3 fully saturated rings. The Morgan fingerprint density at radius 2 is 1.66 bits per heavy atom. The smallest absolute Gasteiger partial charge is 0.230 e. The molecule has 0 spiro atoms. The van der Waals surface area contributed by atoms with Crippen molar-refractivity contribution in [3.63, 3.8) is 0 Å². The number of nitrogens with zero attached hydrogens (tertiary/aromatic N) is 3. The molecule has 3 aliphatic rings. The molecule has 0 atom stereocenters. The number of amides is 1. The minimum Gasteiger partial charge on any atom is -0.496 e. The van der Waals surface area contributed by atoms with Crippen LogP contribution < -0.4 is 9.64 Å². The van der Waals surface area contributed by atoms with E-state index in [0.717, 1.165) is 86.9 Å². The molecule has 1 heterocycles. The summed E-state index contributed by atoms with van der Waals surface area (Å²) >= 11 is 0. The zero-order valence-electron chi connectivity index (χ0n) is 26.8. The van der Waals surface area contributed by atoms with Gasteiger partial charge in [0.2, 0.25) is 5.91 Å². The molecule has 1 amide bonds. The topological polar surface area (TPSA) is 64.4 Å². The number of aromatic nitrogens is 2. The van der Waals surface area contributed by atoms with E-state index in [4.69, 9.17) is 4.74 Å². The van der Waals surface area contributed by atoms with Crippen molar-refractivity contribution in [2.24, 2.45) is 17.8 Å². The highest BCUT2D eigenvalue weighted by Crippen LogP contribution is 2.40. The summed E-state index contributed by atoms with van der Waals surface area (Å²) in [4.78, 5) is 28.0. The summed E-state index contributed by atoms with van der Waals surface area (Å²) in [5.41, 5.74) is 5.86. The first kappa shape index (κ1) is 30.6. The molecule has 1 aromatic heterocycles. The number of ketones is 1. The van der Waals surface area contributed by atoms with Gasteiger partial charge in [-0.15, -0.1) is 0 Å². The molecular formula is C38H49N3O3. The Balaban J connectivity index is 1.17. The highest BCUT2D eigenvalue weighted by Gasteiger charge is 2.33. The fraction of sp³-hybridized carbons (Fsp3) is 0.553. The number of hydrogen-bond acceptors (Lipinski definition) is 4. The van der Waals surface area contributed by atoms with E-state index in [1.54, 1.807) is 14.0 Å². The maximum Gasteiger partial charge on any atom is 0.230 e. The molecule has 44 heavy (non-hydrogen) atoms. The lowest BCUT2D eigenvalue weighted by atomic mass is 9.77. The maximum atomic E-state index is 14.3. The van der Waals surface area contributed by atoms with Crippen molar-refractivity contribution in [1.82, 2.24) is 9.78 Å². The molecule has 3 aromatic rings. The van der Waals surface area contributed by atoms with Gasteiger partial charge in [0.05, 0.1) is 19.3 Å². The van der Waals surface area contributed by atoms with Crippen LogP contribution in [0.4, 0.5) is 5.69 Å². The number of hydrogen-bond donors (Lipinski definition) is 0. The van der Waals surface area contributed by atoms with E-state index in [0.29, 0.717) is 30.2 Å². The summed E-state index contributed by atoms with van der Waals surface area (Å²) in [7, 11) is 1.73. The van der Waals surface area contributed by atoms with E-state index in [1.807, 2.05) is 6.20 Å². The van der Waals surface area contributed by atoms with Crippen LogP contribution in [0.25, 0.3) is 11.1 Å². The van der Waals surface area contributed by atoms with Crippen LogP contribution in [0.15, 0.2) is 54.9 Å². The zero-order valence-corrected chi connectivity index (χ0v) is 26.8. The Kier molecular flexibility index (Phi) is 9.53. The van der Waals surface area contributed by atoms with Gasteiger partial charge in [-0.05, 0) is 137 Å². The molecule has 0 aliphatic heterocycles. The van der Waals surface area contributed by atoms with Gasteiger partial charge >= 0.3 is 0 Å². The number of Topliss-reactive ketones (excluding diaryl/α,β-unsaturated/α-hetero) is 1. The third-order valence-corrected chi connectivity index (χ3v) is 10.6. The number of rotatable bonds is 11. The fourth-order valence-corrected chi connectivity index (χ4v) is 7.62. The molecule has 3 saturated carbocycles. The average Bonchev–Trinajstić information content (AvgIpc) is 3.78. The summed E-state index contributed by atoms with van der Waals surface area (Å²) in [6, 6.07) is 15.7. The summed E-state index contributed by atoms with van der Waals surface area (Å²) in [6.07, 6.45) is 16.7. The monoisotopic (exact) mass is 595 g/mol. The minimum absolute atomic E-state index is 0.0588. The van der Waals surface area contributed by atoms with Crippen molar-refractivity contribution < 1.29 is 14.3 Å². The number of methoxy groups -OCH3 is 1. The van der Waals surface area contributed by atoms with Gasteiger partial charge in [-0.3, -0.25) is 9.48 Å². The molecule has 6 heteroatoms. The van der Waals surface area contributed by atoms with Crippen LogP contribution in [0.1, 0.15) is 107 Å². The maximum absolute atomic E-state index is 14.3. The largest absolute Gasteiger partial charge is 0.496 e. The van der Waals surface area contributed by atoms with E-state index >= 15 is 0 Å². The second-order valence-electron chi connectivity index (χ2n) is 13.8. The second-order valence-corrected chi connectivity index (χ2v) is 13.8. The van der Waals surface area contributed by atoms with Crippen molar-refractivity contribution >= 4 is 17.4 Å². The SMILES string of the molecule is COc1ccc(C2CCC(CN(C(=O)C3CCC(CCC(C)=O)CC3)c3cccc(-c4cnn(C5CC5)c4)c3)CC2)cc1C. The summed E-state index contributed by atoms with van der Waals surface area (Å²) < 4.78 is 7.58. The molecule has 234 valence electrons. The Morgan fingerprint density at radius 3 is 2.34 bits per heavy atom. The predicted molar refractivity (Wildman–Crippen MR) is 176 cm³/mol. The van der Waals surface area contributed by atoms with Crippen LogP contribution in [0.5, 0.6) is 5.75 Å². The first-order valence-corrected chi connectivity index (χ1v) is 17.0. The first-order valence-electron chi connectivity index (χ1n) is 17.0. The summed E-state index contributed by atoms with van der Waals surface area (Å²) in [5, 5.41) is 4.62. The van der Waals surface area contributed by atoms with Crippen molar-refractivity contribution in [3.05, 3.63) is 66.0 Å². The van der Waals surface area contributed by atoms with Gasteiger partial charge < -0.3 is 14.4 Å². The standard InChI is InChI=1S/C38H49N3O3/c1-26-21-33(17-20-37(26)44-3)30-13-11-29(12-14-30)24-40(38(43)31-15-9-28(10-16-31)8-7-27(2)42)36-6-4-5-32(22-36)34-23-39-41(25-34)35-18-19-35/h4-6,17,20-23,25,28-31,35H,7-16,18-19,24H2,1-3H3. The average molecular weight is 596 g/mol. The third-order valence-electron chi connectivity index (χ3n) is 10.6. The Hall–Kier alpha value is -3.41. The quantitative estimate of drug-likeness (QED) is 0.222. The van der Waals surface area contributed by atoms with E-state index in [-0.39, 0.29) is 17.6 Å². The van der Waals surface area contributed by atoms with Gasteiger partial charge in [0, 0.05) is 36.3 Å². The molecule has 0 bridgehead atoms. The summed E-state index contributed by atoms with van der Waals surface area (Å²) in [6.45, 7) is 4.59. The number of ether oxygens (including phenoxy) is 1. The Morgan fingerprint density at radius 1 is 0.909 bits per heavy atom. The third kappa shape index (κ3) is 7.27. The van der Waals surface area contributed by atoms with Gasteiger partial charge in [0.25, 0.3) is 0 Å². The first-order chi connectivity index (χ1) is 21.4. The van der Waals surface area contributed by atoms with Crippen molar-refractivity contribution in [2.75, 3.05) is 18.6 Å². The molecule has 0 radical (unpaired) electrons. The van der Waals surface area contributed by atoms with Gasteiger partial charge in [-0.1, -0.05) is 24.3 Å². The second kappa shape index (κ2) is 13.7. The fourth-order valence-electron chi connectivity index (χ4n) is 7.62. The number of aryl methyl sites for hydroxylation is 1. The normalized spacial score (nSPS) is 23.7. The number of anilines is 1. The lowest BCUT2D eigenvalue weighted by Gasteiger charge is -2.36. The van der Waals surface area contributed by atoms with Gasteiger partial charge in [-0.2, -0.15) is 5.10 Å². The number of benzene rings is 2. The van der Waals surface area contributed by atoms with Crippen LogP contribution in [-0.4, -0.2) is 35.1 Å². The Labute approximate surface area is 263 Å². The van der Waals surface area contributed by atoms with E-state index in [9.17, 15) is 9.59 Å². The molecule has 0 unspecified atom stereocenters. The predicted octanol–water partition coefficient (Wildman–Crippen LogP) is 8.68. The molecule has 6 nitrogen and oxygen atoms in total. The zero-order chi connectivity index (χ0) is 30.6. The lowest BCUT2D eigenvalue weighted by molar-refractivity contribution is -0.124. The van der Waals surface area contributed by atoms with Gasteiger partial charge in [0.15, 0.2) is 0 Å². The van der Waals surface area contributed by atoms with Gasteiger partial charge in [-0.25, -0.2) is 0 Å². The molecular weight excluding hydrogens is 546 g/mol.